The Hall–Kier alpha value is -0.380. The number of ether oxygens (including phenoxy) is 2. The monoisotopic (exact) mass is 172 g/mol. The van der Waals surface area contributed by atoms with Crippen LogP contribution in [-0.2, 0) is 9.47 Å². The standard InChI is InChI=1S/C9H16O3/c1-3-9(2,7-10)6-8-11-4-5-12-8/h3,8,10H,1,4-7H2,2H3/t9-/m0/s1. The summed E-state index contributed by atoms with van der Waals surface area (Å²) in [6.07, 6.45) is 2.26. The number of aliphatic hydroxyl groups is 1. The van der Waals surface area contributed by atoms with Crippen LogP contribution in [0.5, 0.6) is 0 Å². The maximum atomic E-state index is 9.06. The van der Waals surface area contributed by atoms with Gasteiger partial charge >= 0.3 is 0 Å². The van der Waals surface area contributed by atoms with Crippen molar-refractivity contribution in [2.45, 2.75) is 19.6 Å². The summed E-state index contributed by atoms with van der Waals surface area (Å²) < 4.78 is 10.5. The fraction of sp³-hybridized carbons (Fsp3) is 0.778. The maximum absolute atomic E-state index is 9.06. The normalized spacial score (nSPS) is 23.8. The van der Waals surface area contributed by atoms with Gasteiger partial charge in [-0.3, -0.25) is 0 Å². The molecule has 3 heteroatoms. The number of aliphatic hydroxyl groups excluding tert-OH is 1. The van der Waals surface area contributed by atoms with Gasteiger partial charge in [-0.1, -0.05) is 13.0 Å². The first-order valence-corrected chi connectivity index (χ1v) is 4.18. The lowest BCUT2D eigenvalue weighted by Crippen LogP contribution is -2.25. The highest BCUT2D eigenvalue weighted by Gasteiger charge is 2.27. The smallest absolute Gasteiger partial charge is 0.158 e. The van der Waals surface area contributed by atoms with E-state index in [1.54, 1.807) is 6.08 Å². The Labute approximate surface area is 73.0 Å². The lowest BCUT2D eigenvalue weighted by Gasteiger charge is -2.25. The van der Waals surface area contributed by atoms with Crippen LogP contribution >= 0.6 is 0 Å². The molecule has 3 nitrogen and oxygen atoms in total. The van der Waals surface area contributed by atoms with Crippen LogP contribution in [0.1, 0.15) is 13.3 Å². The Kier molecular flexibility index (Phi) is 3.26. The average molecular weight is 172 g/mol. The third-order valence-electron chi connectivity index (χ3n) is 2.18. The molecule has 0 aromatic rings. The summed E-state index contributed by atoms with van der Waals surface area (Å²) in [5.74, 6) is 0. The molecule has 1 rings (SSSR count). The molecule has 1 heterocycles. The van der Waals surface area contributed by atoms with E-state index in [-0.39, 0.29) is 18.3 Å². The first-order valence-electron chi connectivity index (χ1n) is 4.18. The molecule has 1 saturated heterocycles. The third-order valence-corrected chi connectivity index (χ3v) is 2.18. The Morgan fingerprint density at radius 2 is 2.17 bits per heavy atom. The molecule has 0 aliphatic carbocycles. The van der Waals surface area contributed by atoms with Crippen molar-refractivity contribution in [2.24, 2.45) is 5.41 Å². The molecule has 1 atom stereocenters. The molecule has 0 radical (unpaired) electrons. The fourth-order valence-electron chi connectivity index (χ4n) is 1.12. The SMILES string of the molecule is C=C[C@](C)(CO)CC1OCCO1. The van der Waals surface area contributed by atoms with Gasteiger partial charge in [0.2, 0.25) is 0 Å². The molecule has 1 aliphatic rings. The molecule has 0 aromatic heterocycles. The van der Waals surface area contributed by atoms with E-state index in [0.29, 0.717) is 19.6 Å². The number of hydrogen-bond donors (Lipinski definition) is 1. The minimum absolute atomic E-state index is 0.0831. The molecule has 0 spiro atoms. The van der Waals surface area contributed by atoms with Gasteiger partial charge in [-0.25, -0.2) is 0 Å². The van der Waals surface area contributed by atoms with Crippen LogP contribution in [0.3, 0.4) is 0 Å². The second-order valence-corrected chi connectivity index (χ2v) is 3.39. The van der Waals surface area contributed by atoms with E-state index in [0.717, 1.165) is 0 Å². The van der Waals surface area contributed by atoms with E-state index in [4.69, 9.17) is 14.6 Å². The van der Waals surface area contributed by atoms with Crippen molar-refractivity contribution in [1.29, 1.82) is 0 Å². The Balaban J connectivity index is 2.40. The first kappa shape index (κ1) is 9.71. The average Bonchev–Trinajstić information content (AvgIpc) is 2.57. The molecule has 70 valence electrons. The van der Waals surface area contributed by atoms with Crippen LogP contribution in [0.15, 0.2) is 12.7 Å². The zero-order valence-electron chi connectivity index (χ0n) is 7.45. The summed E-state index contributed by atoms with van der Waals surface area (Å²) >= 11 is 0. The molecule has 1 aliphatic heterocycles. The lowest BCUT2D eigenvalue weighted by atomic mass is 9.88. The van der Waals surface area contributed by atoms with Crippen LogP contribution in [0.4, 0.5) is 0 Å². The second kappa shape index (κ2) is 4.03. The van der Waals surface area contributed by atoms with Gasteiger partial charge in [0.1, 0.15) is 0 Å². The predicted octanol–water partition coefficient (Wildman–Crippen LogP) is 0.934. The molecule has 0 saturated carbocycles. The summed E-state index contributed by atoms with van der Waals surface area (Å²) in [7, 11) is 0. The number of rotatable bonds is 4. The third kappa shape index (κ3) is 2.30. The van der Waals surface area contributed by atoms with Gasteiger partial charge in [-0.15, -0.1) is 6.58 Å². The van der Waals surface area contributed by atoms with Crippen LogP contribution in [0, 0.1) is 5.41 Å². The zero-order chi connectivity index (χ0) is 9.03. The molecular formula is C9H16O3. The van der Waals surface area contributed by atoms with E-state index in [1.165, 1.54) is 0 Å². The maximum Gasteiger partial charge on any atom is 0.158 e. The van der Waals surface area contributed by atoms with E-state index in [9.17, 15) is 0 Å². The van der Waals surface area contributed by atoms with Crippen LogP contribution in [0.25, 0.3) is 0 Å². The van der Waals surface area contributed by atoms with Gasteiger partial charge in [-0.05, 0) is 0 Å². The fourth-order valence-corrected chi connectivity index (χ4v) is 1.12. The minimum atomic E-state index is -0.283. The van der Waals surface area contributed by atoms with Crippen molar-refractivity contribution in [3.63, 3.8) is 0 Å². The molecule has 0 bridgehead atoms. The van der Waals surface area contributed by atoms with E-state index in [1.807, 2.05) is 6.92 Å². The Morgan fingerprint density at radius 3 is 2.58 bits per heavy atom. The van der Waals surface area contributed by atoms with Crippen molar-refractivity contribution in [2.75, 3.05) is 19.8 Å². The largest absolute Gasteiger partial charge is 0.395 e. The summed E-state index contributed by atoms with van der Waals surface area (Å²) in [6, 6.07) is 0. The predicted molar refractivity (Wildman–Crippen MR) is 45.7 cm³/mol. The molecule has 12 heavy (non-hydrogen) atoms. The van der Waals surface area contributed by atoms with Crippen LogP contribution in [0.2, 0.25) is 0 Å². The van der Waals surface area contributed by atoms with Crippen molar-refractivity contribution in [3.8, 4) is 0 Å². The van der Waals surface area contributed by atoms with Crippen molar-refractivity contribution in [1.82, 2.24) is 0 Å². The van der Waals surface area contributed by atoms with Crippen molar-refractivity contribution in [3.05, 3.63) is 12.7 Å². The Morgan fingerprint density at radius 1 is 1.58 bits per heavy atom. The highest BCUT2D eigenvalue weighted by Crippen LogP contribution is 2.26. The summed E-state index contributed by atoms with van der Waals surface area (Å²) in [5.41, 5.74) is -0.283. The lowest BCUT2D eigenvalue weighted by molar-refractivity contribution is -0.0699. The highest BCUT2D eigenvalue weighted by atomic mass is 16.7. The van der Waals surface area contributed by atoms with E-state index < -0.39 is 0 Å². The number of hydrogen-bond acceptors (Lipinski definition) is 3. The molecule has 0 unspecified atom stereocenters. The first-order chi connectivity index (χ1) is 5.70. The Bertz CT molecular complexity index is 152. The molecular weight excluding hydrogens is 156 g/mol. The summed E-state index contributed by atoms with van der Waals surface area (Å²) in [4.78, 5) is 0. The van der Waals surface area contributed by atoms with Crippen molar-refractivity contribution >= 4 is 0 Å². The van der Waals surface area contributed by atoms with Gasteiger partial charge in [0.05, 0.1) is 19.8 Å². The van der Waals surface area contributed by atoms with Crippen LogP contribution in [-0.4, -0.2) is 31.2 Å². The van der Waals surface area contributed by atoms with Gasteiger partial charge < -0.3 is 14.6 Å². The summed E-state index contributed by atoms with van der Waals surface area (Å²) in [6.45, 7) is 7.01. The van der Waals surface area contributed by atoms with Gasteiger partial charge in [0, 0.05) is 11.8 Å². The zero-order valence-corrected chi connectivity index (χ0v) is 7.45. The molecule has 1 fully saturated rings. The van der Waals surface area contributed by atoms with E-state index >= 15 is 0 Å². The van der Waals surface area contributed by atoms with Crippen molar-refractivity contribution < 1.29 is 14.6 Å². The quantitative estimate of drug-likeness (QED) is 0.641. The molecule has 0 amide bonds. The molecule has 0 aromatic carbocycles. The summed E-state index contributed by atoms with van der Waals surface area (Å²) in [5, 5.41) is 9.06. The van der Waals surface area contributed by atoms with Crippen LogP contribution < -0.4 is 0 Å². The van der Waals surface area contributed by atoms with Gasteiger partial charge in [-0.2, -0.15) is 0 Å². The second-order valence-electron chi connectivity index (χ2n) is 3.39. The molecule has 1 N–H and O–H groups in total. The van der Waals surface area contributed by atoms with E-state index in [2.05, 4.69) is 6.58 Å². The van der Waals surface area contributed by atoms with Gasteiger partial charge in [0.15, 0.2) is 6.29 Å². The van der Waals surface area contributed by atoms with Gasteiger partial charge in [0.25, 0.3) is 0 Å². The minimum Gasteiger partial charge on any atom is -0.395 e. The highest BCUT2D eigenvalue weighted by molar-refractivity contribution is 4.91. The topological polar surface area (TPSA) is 38.7 Å².